The first-order chi connectivity index (χ1) is 8.27. The third kappa shape index (κ3) is 3.85. The largest absolute Gasteiger partial charge is 0.444 e. The summed E-state index contributed by atoms with van der Waals surface area (Å²) in [5.41, 5.74) is 5.60. The van der Waals surface area contributed by atoms with Crippen molar-refractivity contribution < 1.29 is 14.3 Å². The van der Waals surface area contributed by atoms with Gasteiger partial charge >= 0.3 is 6.09 Å². The van der Waals surface area contributed by atoms with E-state index in [1.54, 1.807) is 4.90 Å². The first kappa shape index (κ1) is 13.6. The Balaban J connectivity index is 1.84. The minimum atomic E-state index is -0.448. The monoisotopic (exact) mass is 256 g/mol. The molecule has 1 aliphatic heterocycles. The Kier molecular flexibility index (Phi) is 3.56. The summed E-state index contributed by atoms with van der Waals surface area (Å²) in [6.45, 7) is 7.39. The highest BCUT2D eigenvalue weighted by Crippen LogP contribution is 2.37. The van der Waals surface area contributed by atoms with E-state index in [0.717, 1.165) is 19.3 Å². The molecule has 1 atom stereocenters. The molecule has 18 heavy (non-hydrogen) atoms. The van der Waals surface area contributed by atoms with Gasteiger partial charge in [0.2, 0.25) is 0 Å². The number of rotatable bonds is 2. The van der Waals surface area contributed by atoms with Gasteiger partial charge in [0.1, 0.15) is 5.60 Å². The lowest BCUT2D eigenvalue weighted by atomic mass is 10.1. The summed E-state index contributed by atoms with van der Waals surface area (Å²) in [6.07, 6.45) is 2.78. The van der Waals surface area contributed by atoms with E-state index >= 15 is 0 Å². The fraction of sp³-hybridized carbons (Fsp3) is 0.923. The molecule has 0 aromatic carbocycles. The zero-order chi connectivity index (χ0) is 13.4. The number of carbonyl (C=O) groups is 1. The zero-order valence-electron chi connectivity index (χ0n) is 11.6. The van der Waals surface area contributed by atoms with E-state index in [2.05, 4.69) is 0 Å². The molecule has 1 aliphatic carbocycles. The summed E-state index contributed by atoms with van der Waals surface area (Å²) in [7, 11) is 0. The highest BCUT2D eigenvalue weighted by molar-refractivity contribution is 5.68. The van der Waals surface area contributed by atoms with E-state index in [4.69, 9.17) is 15.2 Å². The van der Waals surface area contributed by atoms with E-state index in [-0.39, 0.29) is 17.7 Å². The molecule has 1 saturated carbocycles. The van der Waals surface area contributed by atoms with Gasteiger partial charge in [-0.05, 0) is 40.0 Å². The summed E-state index contributed by atoms with van der Waals surface area (Å²) < 4.78 is 11.0. The Hall–Kier alpha value is -0.810. The van der Waals surface area contributed by atoms with Crippen LogP contribution in [0.4, 0.5) is 4.79 Å². The maximum Gasteiger partial charge on any atom is 0.410 e. The fourth-order valence-corrected chi connectivity index (χ4v) is 2.15. The van der Waals surface area contributed by atoms with Crippen molar-refractivity contribution in [3.05, 3.63) is 0 Å². The van der Waals surface area contributed by atoms with Crippen LogP contribution in [-0.2, 0) is 9.47 Å². The maximum atomic E-state index is 12.0. The van der Waals surface area contributed by atoms with Crippen LogP contribution in [0.1, 0.15) is 40.0 Å². The van der Waals surface area contributed by atoms with Crippen molar-refractivity contribution in [3.63, 3.8) is 0 Å². The number of nitrogens with two attached hydrogens (primary N) is 1. The van der Waals surface area contributed by atoms with Gasteiger partial charge in [-0.2, -0.15) is 0 Å². The molecule has 0 aromatic heterocycles. The second kappa shape index (κ2) is 4.70. The van der Waals surface area contributed by atoms with Crippen LogP contribution < -0.4 is 5.73 Å². The number of nitrogens with zero attached hydrogens (tertiary/aromatic N) is 1. The summed E-state index contributed by atoms with van der Waals surface area (Å²) in [5, 5.41) is 0. The van der Waals surface area contributed by atoms with Gasteiger partial charge in [0, 0.05) is 12.1 Å². The molecule has 0 spiro atoms. The average molecular weight is 256 g/mol. The molecule has 1 saturated heterocycles. The average Bonchev–Trinajstić information content (AvgIpc) is 2.94. The number of morpholine rings is 1. The number of ether oxygens (including phenoxy) is 2. The Bertz CT molecular complexity index is 321. The SMILES string of the molecule is CC(C)(C)OC(=O)N1CCOC(CC2(N)CC2)C1. The molecule has 1 heterocycles. The molecular formula is C13H24N2O3. The molecule has 2 N–H and O–H groups in total. The molecule has 0 aromatic rings. The normalized spacial score (nSPS) is 26.9. The van der Waals surface area contributed by atoms with Crippen molar-refractivity contribution in [2.24, 2.45) is 5.73 Å². The van der Waals surface area contributed by atoms with Gasteiger partial charge in [0.25, 0.3) is 0 Å². The van der Waals surface area contributed by atoms with Crippen molar-refractivity contribution in [1.29, 1.82) is 0 Å². The van der Waals surface area contributed by atoms with E-state index < -0.39 is 5.60 Å². The van der Waals surface area contributed by atoms with Crippen LogP contribution in [0.25, 0.3) is 0 Å². The van der Waals surface area contributed by atoms with E-state index in [1.807, 2.05) is 20.8 Å². The van der Waals surface area contributed by atoms with E-state index in [9.17, 15) is 4.79 Å². The van der Waals surface area contributed by atoms with Crippen LogP contribution in [0.5, 0.6) is 0 Å². The molecule has 2 fully saturated rings. The van der Waals surface area contributed by atoms with Gasteiger partial charge in [-0.25, -0.2) is 4.79 Å². The van der Waals surface area contributed by atoms with Crippen LogP contribution in [0.2, 0.25) is 0 Å². The summed E-state index contributed by atoms with van der Waals surface area (Å²) >= 11 is 0. The number of carbonyl (C=O) groups excluding carboxylic acids is 1. The molecule has 0 bridgehead atoms. The molecule has 5 nitrogen and oxygen atoms in total. The molecule has 5 heteroatoms. The highest BCUT2D eigenvalue weighted by Gasteiger charge is 2.42. The van der Waals surface area contributed by atoms with Crippen LogP contribution in [-0.4, -0.2) is 47.9 Å². The molecule has 0 radical (unpaired) electrons. The first-order valence-electron chi connectivity index (χ1n) is 6.66. The zero-order valence-corrected chi connectivity index (χ0v) is 11.6. The molecule has 104 valence electrons. The van der Waals surface area contributed by atoms with Crippen molar-refractivity contribution in [2.75, 3.05) is 19.7 Å². The molecule has 1 unspecified atom stereocenters. The lowest BCUT2D eigenvalue weighted by molar-refractivity contribution is -0.0473. The van der Waals surface area contributed by atoms with Gasteiger partial charge in [-0.15, -0.1) is 0 Å². The van der Waals surface area contributed by atoms with Crippen LogP contribution in [0.3, 0.4) is 0 Å². The topological polar surface area (TPSA) is 64.8 Å². The number of hydrogen-bond donors (Lipinski definition) is 1. The summed E-state index contributed by atoms with van der Waals surface area (Å²) in [4.78, 5) is 13.7. The predicted octanol–water partition coefficient (Wildman–Crippen LogP) is 1.50. The maximum absolute atomic E-state index is 12.0. The van der Waals surface area contributed by atoms with E-state index in [1.165, 1.54) is 0 Å². The summed E-state index contributed by atoms with van der Waals surface area (Å²) in [5.74, 6) is 0. The van der Waals surface area contributed by atoms with Crippen molar-refractivity contribution in [1.82, 2.24) is 4.90 Å². The Labute approximate surface area is 109 Å². The van der Waals surface area contributed by atoms with Crippen LogP contribution in [0, 0.1) is 0 Å². The molecule has 2 rings (SSSR count). The van der Waals surface area contributed by atoms with Gasteiger partial charge in [0.05, 0.1) is 19.3 Å². The third-order valence-corrected chi connectivity index (χ3v) is 3.32. The fourth-order valence-electron chi connectivity index (χ4n) is 2.15. The Morgan fingerprint density at radius 1 is 1.50 bits per heavy atom. The second-order valence-corrected chi connectivity index (χ2v) is 6.49. The quantitative estimate of drug-likeness (QED) is 0.813. The van der Waals surface area contributed by atoms with Crippen molar-refractivity contribution in [2.45, 2.75) is 57.3 Å². The second-order valence-electron chi connectivity index (χ2n) is 6.49. The molecule has 2 aliphatic rings. The Morgan fingerprint density at radius 2 is 2.17 bits per heavy atom. The van der Waals surface area contributed by atoms with E-state index in [0.29, 0.717) is 19.7 Å². The lowest BCUT2D eigenvalue weighted by Crippen LogP contribution is -2.49. The molecular weight excluding hydrogens is 232 g/mol. The van der Waals surface area contributed by atoms with Crippen molar-refractivity contribution in [3.8, 4) is 0 Å². The number of amides is 1. The van der Waals surface area contributed by atoms with Crippen molar-refractivity contribution >= 4 is 6.09 Å². The minimum absolute atomic E-state index is 0.0401. The standard InChI is InChI=1S/C13H24N2O3/c1-12(2,3)18-11(16)15-6-7-17-10(9-15)8-13(14)4-5-13/h10H,4-9,14H2,1-3H3. The van der Waals surface area contributed by atoms with Gasteiger partial charge in [0.15, 0.2) is 0 Å². The molecule has 1 amide bonds. The predicted molar refractivity (Wildman–Crippen MR) is 68.3 cm³/mol. The van der Waals surface area contributed by atoms with Gasteiger partial charge in [-0.3, -0.25) is 0 Å². The lowest BCUT2D eigenvalue weighted by Gasteiger charge is -2.35. The van der Waals surface area contributed by atoms with Crippen LogP contribution in [0.15, 0.2) is 0 Å². The smallest absolute Gasteiger partial charge is 0.410 e. The van der Waals surface area contributed by atoms with Gasteiger partial charge in [-0.1, -0.05) is 0 Å². The minimum Gasteiger partial charge on any atom is -0.444 e. The Morgan fingerprint density at radius 3 is 2.72 bits per heavy atom. The van der Waals surface area contributed by atoms with Crippen LogP contribution >= 0.6 is 0 Å². The highest BCUT2D eigenvalue weighted by atomic mass is 16.6. The van der Waals surface area contributed by atoms with Gasteiger partial charge < -0.3 is 20.1 Å². The third-order valence-electron chi connectivity index (χ3n) is 3.32. The first-order valence-corrected chi connectivity index (χ1v) is 6.66. The summed E-state index contributed by atoms with van der Waals surface area (Å²) in [6, 6.07) is 0. The number of hydrogen-bond acceptors (Lipinski definition) is 4.